The van der Waals surface area contributed by atoms with Crippen molar-refractivity contribution < 1.29 is 0 Å². The molecule has 0 saturated heterocycles. The first kappa shape index (κ1) is 60.1. The summed E-state index contributed by atoms with van der Waals surface area (Å²) in [4.78, 5) is 0. The minimum atomic E-state index is 1.32. The maximum Gasteiger partial charge on any atom is 0.0384 e. The number of hydrogen-bond acceptors (Lipinski definition) is 4. The van der Waals surface area contributed by atoms with Gasteiger partial charge in [-0.05, 0) is 121 Å². The van der Waals surface area contributed by atoms with Gasteiger partial charge in [0.2, 0.25) is 0 Å². The van der Waals surface area contributed by atoms with E-state index in [2.05, 4.69) is 274 Å². The summed E-state index contributed by atoms with van der Waals surface area (Å²) in [6.07, 6.45) is 0. The van der Waals surface area contributed by atoms with Crippen LogP contribution in [0.15, 0.2) is 291 Å². The summed E-state index contributed by atoms with van der Waals surface area (Å²) >= 11 is 7.51. The number of fused-ring (bicyclic) bond motifs is 12. The van der Waals surface area contributed by atoms with Crippen molar-refractivity contribution in [2.75, 3.05) is 0 Å². The predicted octanol–water partition coefficient (Wildman–Crippen LogP) is 25.4. The fourth-order valence-electron chi connectivity index (χ4n) is 9.65. The molecule has 84 heavy (non-hydrogen) atoms. The van der Waals surface area contributed by atoms with Crippen molar-refractivity contribution >= 4 is 126 Å². The zero-order valence-corrected chi connectivity index (χ0v) is 52.6. The highest BCUT2D eigenvalue weighted by Gasteiger charge is 2.07. The first-order chi connectivity index (χ1) is 41.0. The largest absolute Gasteiger partial charge is 0.135 e. The molecule has 0 unspecified atom stereocenters. The Hall–Kier alpha value is -8.48. The molecule has 416 valence electrons. The molecule has 16 rings (SSSR count). The molecule has 4 heterocycles. The Morgan fingerprint density at radius 2 is 0.500 bits per heavy atom. The van der Waals surface area contributed by atoms with Crippen molar-refractivity contribution in [3.05, 3.63) is 336 Å². The standard InChI is InChI=1S/4C13H10S.4C7H8/c1-9-5-4-7-11-10-6-2-3-8-12(10)14-13(9)11;1-9-5-4-8-12-13(9)10-6-2-3-7-11(10)14-12;1-9-6-7-13-11(8-9)10-4-2-3-5-12(10)14-13;1-9-6-7-11-10-4-2-3-5-12(10)14-13(11)8-9;4*1-7-5-3-2-4-6-7/h4*2-8H,1H3;4*2-6H,1H3. The smallest absolute Gasteiger partial charge is 0.0384 e. The van der Waals surface area contributed by atoms with Crippen molar-refractivity contribution in [2.24, 2.45) is 0 Å². The van der Waals surface area contributed by atoms with E-state index in [1.54, 1.807) is 0 Å². The van der Waals surface area contributed by atoms with Gasteiger partial charge in [0.1, 0.15) is 0 Å². The molecule has 4 heteroatoms. The summed E-state index contributed by atoms with van der Waals surface area (Å²) in [7, 11) is 0. The van der Waals surface area contributed by atoms with Gasteiger partial charge in [-0.15, -0.1) is 45.3 Å². The van der Waals surface area contributed by atoms with E-state index in [9.17, 15) is 0 Å². The normalized spacial score (nSPS) is 10.4. The third-order valence-electron chi connectivity index (χ3n) is 14.0. The summed E-state index contributed by atoms with van der Waals surface area (Å²) in [6.45, 7) is 17.0. The van der Waals surface area contributed by atoms with E-state index in [-0.39, 0.29) is 0 Å². The van der Waals surface area contributed by atoms with Gasteiger partial charge in [-0.1, -0.05) is 270 Å². The van der Waals surface area contributed by atoms with Gasteiger partial charge in [-0.3, -0.25) is 0 Å². The maximum absolute atomic E-state index is 2.27. The molecule has 0 spiro atoms. The number of thiophene rings is 4. The summed E-state index contributed by atoms with van der Waals surface area (Å²) in [6, 6.07) is 102. The lowest BCUT2D eigenvalue weighted by molar-refractivity contribution is 1.48. The van der Waals surface area contributed by atoms with Gasteiger partial charge in [-0.25, -0.2) is 0 Å². The fraction of sp³-hybridized carbons (Fsp3) is 0.100. The molecule has 0 atom stereocenters. The van der Waals surface area contributed by atoms with Crippen LogP contribution >= 0.6 is 45.3 Å². The van der Waals surface area contributed by atoms with Crippen LogP contribution < -0.4 is 0 Å². The molecule has 0 N–H and O–H groups in total. The summed E-state index contributed by atoms with van der Waals surface area (Å²) in [5.41, 5.74) is 10.7. The molecule has 4 aromatic heterocycles. The molecule has 0 radical (unpaired) electrons. The van der Waals surface area contributed by atoms with E-state index in [1.807, 2.05) is 118 Å². The van der Waals surface area contributed by atoms with Gasteiger partial charge in [0.05, 0.1) is 0 Å². The monoisotopic (exact) mass is 1160 g/mol. The molecular weight excluding hydrogens is 1090 g/mol. The topological polar surface area (TPSA) is 0 Å². The molecule has 0 aliphatic heterocycles. The van der Waals surface area contributed by atoms with Crippen LogP contribution in [0.1, 0.15) is 44.5 Å². The zero-order chi connectivity index (χ0) is 58.6. The van der Waals surface area contributed by atoms with Crippen LogP contribution in [0.5, 0.6) is 0 Å². The average Bonchev–Trinajstić information content (AvgIpc) is 4.22. The molecular formula is C80H72S4. The lowest BCUT2D eigenvalue weighted by atomic mass is 10.1. The predicted molar refractivity (Wildman–Crippen MR) is 381 cm³/mol. The number of rotatable bonds is 0. The quantitative estimate of drug-likeness (QED) is 0.142. The Kier molecular flexibility index (Phi) is 21.6. The third kappa shape index (κ3) is 16.4. The molecule has 0 fully saturated rings. The first-order valence-corrected chi connectivity index (χ1v) is 31.8. The van der Waals surface area contributed by atoms with E-state index in [4.69, 9.17) is 0 Å². The van der Waals surface area contributed by atoms with E-state index in [1.165, 1.54) is 125 Å². The second-order valence-electron chi connectivity index (χ2n) is 20.9. The van der Waals surface area contributed by atoms with Crippen LogP contribution in [0, 0.1) is 55.4 Å². The first-order valence-electron chi connectivity index (χ1n) is 28.5. The molecule has 12 aromatic carbocycles. The summed E-state index contributed by atoms with van der Waals surface area (Å²) in [5, 5.41) is 11.1. The van der Waals surface area contributed by atoms with Crippen molar-refractivity contribution in [1.29, 1.82) is 0 Å². The number of benzene rings is 12. The van der Waals surface area contributed by atoms with Crippen LogP contribution in [0.4, 0.5) is 0 Å². The highest BCUT2D eigenvalue weighted by molar-refractivity contribution is 7.27. The SMILES string of the molecule is Cc1ccc2c(c1)sc1ccccc12.Cc1ccc2sc3ccccc3c2c1.Cc1cccc2c1sc1ccccc12.Cc1cccc2sc3ccccc3c12.Cc1ccccc1.Cc1ccccc1.Cc1ccccc1.Cc1ccccc1. The molecule has 0 aliphatic rings. The molecule has 0 amide bonds. The van der Waals surface area contributed by atoms with Crippen molar-refractivity contribution in [3.8, 4) is 0 Å². The van der Waals surface area contributed by atoms with Crippen LogP contribution in [0.3, 0.4) is 0 Å². The Morgan fingerprint density at radius 3 is 1.00 bits per heavy atom. The Balaban J connectivity index is 0.000000118. The second-order valence-corrected chi connectivity index (χ2v) is 25.2. The van der Waals surface area contributed by atoms with Gasteiger partial charge >= 0.3 is 0 Å². The lowest BCUT2D eigenvalue weighted by Gasteiger charge is -1.95. The molecule has 0 aliphatic carbocycles. The summed E-state index contributed by atoms with van der Waals surface area (Å²) in [5.74, 6) is 0. The van der Waals surface area contributed by atoms with Gasteiger partial charge in [-0.2, -0.15) is 0 Å². The van der Waals surface area contributed by atoms with E-state index in [0.717, 1.165) is 0 Å². The highest BCUT2D eigenvalue weighted by Crippen LogP contribution is 2.38. The average molecular weight is 1160 g/mol. The molecule has 0 bridgehead atoms. The number of hydrogen-bond donors (Lipinski definition) is 0. The summed E-state index contributed by atoms with van der Waals surface area (Å²) < 4.78 is 11.1. The van der Waals surface area contributed by atoms with Crippen molar-refractivity contribution in [1.82, 2.24) is 0 Å². The third-order valence-corrected chi connectivity index (χ3v) is 18.8. The minimum absolute atomic E-state index is 1.32. The zero-order valence-electron chi connectivity index (χ0n) is 49.3. The van der Waals surface area contributed by atoms with Crippen LogP contribution in [-0.2, 0) is 0 Å². The fourth-order valence-corrected chi connectivity index (χ4v) is 14.3. The van der Waals surface area contributed by atoms with E-state index < -0.39 is 0 Å². The van der Waals surface area contributed by atoms with E-state index >= 15 is 0 Å². The molecule has 0 nitrogen and oxygen atoms in total. The number of aryl methyl sites for hydroxylation is 8. The van der Waals surface area contributed by atoms with Crippen LogP contribution in [0.2, 0.25) is 0 Å². The van der Waals surface area contributed by atoms with E-state index in [0.29, 0.717) is 0 Å². The Bertz CT molecular complexity index is 4450. The molecule has 16 aromatic rings. The van der Waals surface area contributed by atoms with Gasteiger partial charge < -0.3 is 0 Å². The van der Waals surface area contributed by atoms with Crippen molar-refractivity contribution in [3.63, 3.8) is 0 Å². The molecule has 0 saturated carbocycles. The Morgan fingerprint density at radius 1 is 0.179 bits per heavy atom. The second kappa shape index (κ2) is 30.2. The Labute approximate surface area is 513 Å². The highest BCUT2D eigenvalue weighted by atomic mass is 32.1. The van der Waals surface area contributed by atoms with Gasteiger partial charge in [0, 0.05) is 80.7 Å². The lowest BCUT2D eigenvalue weighted by Crippen LogP contribution is -1.72. The van der Waals surface area contributed by atoms with Crippen molar-refractivity contribution in [2.45, 2.75) is 55.4 Å². The van der Waals surface area contributed by atoms with Gasteiger partial charge in [0.25, 0.3) is 0 Å². The minimum Gasteiger partial charge on any atom is -0.135 e. The van der Waals surface area contributed by atoms with Crippen LogP contribution in [-0.4, -0.2) is 0 Å². The van der Waals surface area contributed by atoms with Crippen LogP contribution in [0.25, 0.3) is 80.7 Å². The maximum atomic E-state index is 2.27. The van der Waals surface area contributed by atoms with Gasteiger partial charge in [0.15, 0.2) is 0 Å².